The number of hydrogen-bond donors (Lipinski definition) is 2. The number of esters is 4. The molecule has 1 saturated carbocycles. The van der Waals surface area contributed by atoms with Crippen molar-refractivity contribution in [1.82, 2.24) is 14.8 Å². The van der Waals surface area contributed by atoms with E-state index in [0.29, 0.717) is 84.6 Å². The van der Waals surface area contributed by atoms with Crippen molar-refractivity contribution < 1.29 is 56.7 Å². The van der Waals surface area contributed by atoms with Crippen molar-refractivity contribution in [2.75, 3.05) is 73.1 Å². The molecule has 6 heterocycles. The Morgan fingerprint density at radius 2 is 1.72 bits per heavy atom. The first-order valence-corrected chi connectivity index (χ1v) is 22.2. The van der Waals surface area contributed by atoms with Gasteiger partial charge >= 0.3 is 23.9 Å². The maximum atomic E-state index is 15.5. The van der Waals surface area contributed by atoms with Crippen LogP contribution in [0.1, 0.15) is 79.2 Å². The van der Waals surface area contributed by atoms with Crippen molar-refractivity contribution in [2.24, 2.45) is 17.3 Å². The molecule has 6 aliphatic rings. The zero-order chi connectivity index (χ0) is 45.9. The van der Waals surface area contributed by atoms with Gasteiger partial charge < -0.3 is 43.6 Å². The van der Waals surface area contributed by atoms with Gasteiger partial charge in [-0.3, -0.25) is 14.5 Å². The molecule has 14 nitrogen and oxygen atoms in total. The quantitative estimate of drug-likeness (QED) is 0.179. The standard InChI is InChI=1S/C48H58F2N4O10/c1-9-45-14-10-16-54-18-15-46(39(45)54)32-21-33(36(60-5)22-35(32)52(4)40(46)48(59,43(58)63-8)41(45)64-26(2)55)47(42(57)62-7)23-27-19-29(44(3,49)50)25-53(24-27)17-13-30-31-20-28(38(56)61-6)11-12-34(31)51-37(30)47/h10-12,14,20-22,27,29,39-41,51,59H,9,13,15-19,23-25H2,1-8H3/t27-,29-,39+,40-,41-,45-,46-,47+,48+/m1/s1. The highest BCUT2D eigenvalue weighted by Crippen LogP contribution is 2.68. The predicted octanol–water partition coefficient (Wildman–Crippen LogP) is 4.91. The number of methoxy groups -OCH3 is 4. The summed E-state index contributed by atoms with van der Waals surface area (Å²) in [6.45, 7) is 6.38. The van der Waals surface area contributed by atoms with Gasteiger partial charge in [0.1, 0.15) is 11.2 Å². The van der Waals surface area contributed by atoms with Crippen molar-refractivity contribution >= 4 is 40.5 Å². The molecular weight excluding hydrogens is 831 g/mol. The predicted molar refractivity (Wildman–Crippen MR) is 231 cm³/mol. The van der Waals surface area contributed by atoms with E-state index in [9.17, 15) is 19.5 Å². The van der Waals surface area contributed by atoms with E-state index in [1.54, 1.807) is 25.2 Å². The molecule has 1 unspecified atom stereocenters. The fraction of sp³-hybridized carbons (Fsp3) is 0.583. The third kappa shape index (κ3) is 5.89. The number of ether oxygens (including phenoxy) is 5. The Hall–Kier alpha value is -5.06. The summed E-state index contributed by atoms with van der Waals surface area (Å²) in [6.07, 6.45) is 4.07. The average molecular weight is 889 g/mol. The van der Waals surface area contributed by atoms with E-state index in [-0.39, 0.29) is 19.4 Å². The number of nitrogens with one attached hydrogen (secondary N) is 1. The van der Waals surface area contributed by atoms with E-state index in [1.807, 2.05) is 36.1 Å². The number of alkyl halides is 2. The van der Waals surface area contributed by atoms with Crippen LogP contribution in [-0.2, 0) is 50.6 Å². The van der Waals surface area contributed by atoms with Crippen LogP contribution in [-0.4, -0.2) is 142 Å². The third-order valence-electron chi connectivity index (χ3n) is 16.1. The lowest BCUT2D eigenvalue weighted by Crippen LogP contribution is -2.81. The molecule has 16 heteroatoms. The van der Waals surface area contributed by atoms with E-state index in [1.165, 1.54) is 35.4 Å². The highest BCUT2D eigenvalue weighted by molar-refractivity contribution is 5.99. The fourth-order valence-corrected chi connectivity index (χ4v) is 13.7. The number of aliphatic hydroxyl groups is 1. The van der Waals surface area contributed by atoms with Crippen LogP contribution >= 0.6 is 0 Å². The van der Waals surface area contributed by atoms with Gasteiger partial charge in [-0.2, -0.15) is 0 Å². The smallest absolute Gasteiger partial charge is 0.344 e. The molecule has 2 bridgehead atoms. The summed E-state index contributed by atoms with van der Waals surface area (Å²) in [5, 5.41) is 14.0. The van der Waals surface area contributed by atoms with Crippen LogP contribution in [0, 0.1) is 17.3 Å². The topological polar surface area (TPSA) is 160 Å². The Balaban J connectivity index is 1.36. The van der Waals surface area contributed by atoms with Crippen LogP contribution in [0.4, 0.5) is 14.5 Å². The van der Waals surface area contributed by atoms with Gasteiger partial charge in [0.15, 0.2) is 6.10 Å². The second-order valence-corrected chi connectivity index (χ2v) is 19.0. The molecule has 0 radical (unpaired) electrons. The lowest BCUT2D eigenvalue weighted by molar-refractivity contribution is -0.228. The number of likely N-dealkylation sites (N-methyl/N-ethyl adjacent to an activating group) is 1. The van der Waals surface area contributed by atoms with Crippen LogP contribution in [0.3, 0.4) is 0 Å². The van der Waals surface area contributed by atoms with E-state index in [0.717, 1.165) is 18.1 Å². The number of fused-ring (bicyclic) bond motifs is 6. The first-order chi connectivity index (χ1) is 30.4. The van der Waals surface area contributed by atoms with Gasteiger partial charge in [-0.25, -0.2) is 18.4 Å². The number of hydrogen-bond acceptors (Lipinski definition) is 13. The summed E-state index contributed by atoms with van der Waals surface area (Å²) in [6, 6.07) is 7.53. The Kier molecular flexibility index (Phi) is 10.5. The molecule has 1 aliphatic carbocycles. The van der Waals surface area contributed by atoms with Gasteiger partial charge in [-0.1, -0.05) is 19.1 Å². The molecule has 3 fully saturated rings. The molecule has 10 atom stereocenters. The first kappa shape index (κ1) is 44.2. The number of aromatic amines is 1. The van der Waals surface area contributed by atoms with E-state index < -0.39 is 81.7 Å². The molecule has 1 spiro atoms. The normalized spacial score (nSPS) is 34.0. The number of anilines is 1. The van der Waals surface area contributed by atoms with Crippen molar-refractivity contribution in [3.8, 4) is 5.75 Å². The van der Waals surface area contributed by atoms with Gasteiger partial charge in [-0.05, 0) is 86.9 Å². The van der Waals surface area contributed by atoms with Gasteiger partial charge in [0.2, 0.25) is 11.5 Å². The minimum Gasteiger partial charge on any atom is -0.496 e. The van der Waals surface area contributed by atoms with Crippen molar-refractivity contribution in [3.63, 3.8) is 0 Å². The summed E-state index contributed by atoms with van der Waals surface area (Å²) < 4.78 is 59.8. The second kappa shape index (κ2) is 15.3. The number of H-pyrrole nitrogens is 1. The first-order valence-electron chi connectivity index (χ1n) is 22.2. The number of piperidine rings is 1. The number of rotatable bonds is 8. The van der Waals surface area contributed by atoms with Gasteiger partial charge in [0.25, 0.3) is 0 Å². The van der Waals surface area contributed by atoms with Crippen LogP contribution in [0.5, 0.6) is 5.75 Å². The molecule has 2 N–H and O–H groups in total. The fourth-order valence-electron chi connectivity index (χ4n) is 13.7. The lowest BCUT2D eigenvalue weighted by atomic mass is 9.47. The average Bonchev–Trinajstić information content (AvgIpc) is 3.94. The molecule has 64 heavy (non-hydrogen) atoms. The Morgan fingerprint density at radius 1 is 0.969 bits per heavy atom. The van der Waals surface area contributed by atoms with Gasteiger partial charge in [0, 0.05) is 96.9 Å². The van der Waals surface area contributed by atoms with Crippen LogP contribution in [0.25, 0.3) is 10.9 Å². The molecule has 2 saturated heterocycles. The van der Waals surface area contributed by atoms with Gasteiger partial charge in [0.05, 0.1) is 40.0 Å². The highest BCUT2D eigenvalue weighted by Gasteiger charge is 2.80. The molecule has 9 rings (SSSR count). The van der Waals surface area contributed by atoms with E-state index in [2.05, 4.69) is 14.8 Å². The molecule has 0 amide bonds. The van der Waals surface area contributed by atoms with Crippen molar-refractivity contribution in [2.45, 2.75) is 93.4 Å². The maximum absolute atomic E-state index is 15.5. The third-order valence-corrected chi connectivity index (χ3v) is 16.1. The molecule has 2 aromatic carbocycles. The van der Waals surface area contributed by atoms with Crippen LogP contribution < -0.4 is 9.64 Å². The Morgan fingerprint density at radius 3 is 2.38 bits per heavy atom. The molecule has 3 aromatic rings. The van der Waals surface area contributed by atoms with Crippen molar-refractivity contribution in [1.29, 1.82) is 0 Å². The maximum Gasteiger partial charge on any atom is 0.344 e. The molecular formula is C48H58F2N4O10. The van der Waals surface area contributed by atoms with E-state index in [4.69, 9.17) is 23.7 Å². The lowest BCUT2D eigenvalue weighted by Gasteiger charge is -2.63. The van der Waals surface area contributed by atoms with Crippen molar-refractivity contribution in [3.05, 3.63) is 70.4 Å². The monoisotopic (exact) mass is 888 g/mol. The van der Waals surface area contributed by atoms with Crippen LogP contribution in [0.2, 0.25) is 0 Å². The zero-order valence-corrected chi connectivity index (χ0v) is 37.7. The number of halogens is 2. The molecule has 1 aromatic heterocycles. The highest BCUT2D eigenvalue weighted by atomic mass is 19.3. The Labute approximate surface area is 371 Å². The van der Waals surface area contributed by atoms with E-state index >= 15 is 13.6 Å². The SMILES string of the molecule is CC[C@]12C=CCN3CC[C@@]4(c5cc([C@@]6(C(=O)OC)C[C@H]7C[C@@H](C(C)(F)F)CN(CCc8c6[nH]c6ccc(C(=O)OC)cc86)C7)c(OC)cc5N(C)[C@H]4[C@@](O)(C(=O)OC)[C@@H]1OC(C)=O)[C@@H]32. The minimum atomic E-state index is -2.99. The number of carbonyl (C=O) groups excluding carboxylic acids is 4. The number of nitrogens with zero attached hydrogens (tertiary/aromatic N) is 3. The summed E-state index contributed by atoms with van der Waals surface area (Å²) in [7, 11) is 7.13. The molecule has 344 valence electrons. The minimum absolute atomic E-state index is 0.0612. The Bertz CT molecular complexity index is 2470. The zero-order valence-electron chi connectivity index (χ0n) is 37.7. The number of aromatic nitrogens is 1. The number of benzene rings is 2. The van der Waals surface area contributed by atoms with Crippen LogP contribution in [0.15, 0.2) is 42.5 Å². The summed E-state index contributed by atoms with van der Waals surface area (Å²) in [5.74, 6) is -6.86. The largest absolute Gasteiger partial charge is 0.496 e. The summed E-state index contributed by atoms with van der Waals surface area (Å²) >= 11 is 0. The van der Waals surface area contributed by atoms with Gasteiger partial charge in [-0.15, -0.1) is 0 Å². The second-order valence-electron chi connectivity index (χ2n) is 19.0. The number of carbonyl (C=O) groups is 4. The molecule has 5 aliphatic heterocycles. The summed E-state index contributed by atoms with van der Waals surface area (Å²) in [4.78, 5) is 65.7. The summed E-state index contributed by atoms with van der Waals surface area (Å²) in [5.41, 5.74) is -2.19.